The number of halogens is 1. The minimum atomic E-state index is -0.699. The number of hydrogen-bond donors (Lipinski definition) is 2. The van der Waals surface area contributed by atoms with E-state index in [0.717, 1.165) is 63.6 Å². The maximum absolute atomic E-state index is 12.2. The van der Waals surface area contributed by atoms with Gasteiger partial charge in [-0.1, -0.05) is 27.2 Å². The van der Waals surface area contributed by atoms with Gasteiger partial charge in [0.25, 0.3) is 0 Å². The SMILES string of the molecule is CCNC(=NCC(c1ccsc1)N(CC)CC)NC1CCCC(S(=O)CC)C1.I. The molecule has 0 spiro atoms. The van der Waals surface area contributed by atoms with Crippen LogP contribution in [0.2, 0.25) is 0 Å². The zero-order valence-corrected chi connectivity index (χ0v) is 22.3. The monoisotopic (exact) mass is 554 g/mol. The second kappa shape index (κ2) is 14.8. The van der Waals surface area contributed by atoms with Crippen LogP contribution in [0.25, 0.3) is 0 Å². The third-order valence-electron chi connectivity index (χ3n) is 5.57. The molecule has 0 bridgehead atoms. The lowest BCUT2D eigenvalue weighted by atomic mass is 9.95. The van der Waals surface area contributed by atoms with Gasteiger partial charge in [-0.2, -0.15) is 11.3 Å². The summed E-state index contributed by atoms with van der Waals surface area (Å²) in [5.41, 5.74) is 1.35. The lowest BCUT2D eigenvalue weighted by Crippen LogP contribution is -2.47. The largest absolute Gasteiger partial charge is 0.357 e. The Morgan fingerprint density at radius 3 is 2.66 bits per heavy atom. The van der Waals surface area contributed by atoms with E-state index in [9.17, 15) is 4.21 Å². The van der Waals surface area contributed by atoms with Gasteiger partial charge in [0.1, 0.15) is 0 Å². The molecule has 2 rings (SSSR count). The van der Waals surface area contributed by atoms with Crippen LogP contribution in [0.5, 0.6) is 0 Å². The highest BCUT2D eigenvalue weighted by atomic mass is 127. The molecule has 1 saturated carbocycles. The fraction of sp³-hybridized carbons (Fsp3) is 0.762. The van der Waals surface area contributed by atoms with Crippen LogP contribution in [0.1, 0.15) is 65.0 Å². The van der Waals surface area contributed by atoms with Gasteiger partial charge in [-0.3, -0.25) is 14.1 Å². The summed E-state index contributed by atoms with van der Waals surface area (Å²) in [6, 6.07) is 2.89. The van der Waals surface area contributed by atoms with E-state index in [1.54, 1.807) is 11.3 Å². The molecular formula is C21H39IN4OS2. The van der Waals surface area contributed by atoms with Crippen molar-refractivity contribution in [1.82, 2.24) is 15.5 Å². The minimum absolute atomic E-state index is 0. The van der Waals surface area contributed by atoms with Crippen LogP contribution in [0.15, 0.2) is 21.8 Å². The fourth-order valence-electron chi connectivity index (χ4n) is 4.00. The zero-order chi connectivity index (χ0) is 20.4. The second-order valence-corrected chi connectivity index (χ2v) is 10.1. The molecule has 0 radical (unpaired) electrons. The average molecular weight is 555 g/mol. The van der Waals surface area contributed by atoms with Crippen molar-refractivity contribution >= 4 is 52.1 Å². The van der Waals surface area contributed by atoms with Gasteiger partial charge in [-0.15, -0.1) is 24.0 Å². The molecule has 1 aromatic rings. The number of likely N-dealkylation sites (N-methyl/N-ethyl adjacent to an activating group) is 1. The molecule has 4 unspecified atom stereocenters. The summed E-state index contributed by atoms with van der Waals surface area (Å²) in [6.45, 7) is 12.2. The Balaban J connectivity index is 0.00000420. The Kier molecular flexibility index (Phi) is 13.7. The molecule has 1 heterocycles. The van der Waals surface area contributed by atoms with Crippen LogP contribution in [-0.4, -0.2) is 58.3 Å². The van der Waals surface area contributed by atoms with Crippen LogP contribution < -0.4 is 10.6 Å². The summed E-state index contributed by atoms with van der Waals surface area (Å²) >= 11 is 1.75. The Hall–Kier alpha value is -0.190. The molecule has 8 heteroatoms. The van der Waals surface area contributed by atoms with Crippen molar-refractivity contribution < 1.29 is 4.21 Å². The molecule has 4 atom stereocenters. The topological polar surface area (TPSA) is 56.7 Å². The predicted molar refractivity (Wildman–Crippen MR) is 139 cm³/mol. The highest BCUT2D eigenvalue weighted by molar-refractivity contribution is 14.0. The quantitative estimate of drug-likeness (QED) is 0.256. The normalized spacial score (nSPS) is 22.0. The number of nitrogens with one attached hydrogen (secondary N) is 2. The van der Waals surface area contributed by atoms with Gasteiger partial charge in [0.15, 0.2) is 5.96 Å². The van der Waals surface area contributed by atoms with Gasteiger partial charge in [0.05, 0.1) is 12.6 Å². The summed E-state index contributed by atoms with van der Waals surface area (Å²) in [7, 11) is -0.699. The van der Waals surface area contributed by atoms with Gasteiger partial charge in [0.2, 0.25) is 0 Å². The molecule has 0 saturated heterocycles. The molecule has 29 heavy (non-hydrogen) atoms. The average Bonchev–Trinajstić information content (AvgIpc) is 3.25. The van der Waals surface area contributed by atoms with E-state index in [4.69, 9.17) is 4.99 Å². The van der Waals surface area contributed by atoms with Gasteiger partial charge >= 0.3 is 0 Å². The lowest BCUT2D eigenvalue weighted by Gasteiger charge is -2.31. The molecule has 0 amide bonds. The van der Waals surface area contributed by atoms with E-state index < -0.39 is 10.8 Å². The Morgan fingerprint density at radius 1 is 1.31 bits per heavy atom. The summed E-state index contributed by atoms with van der Waals surface area (Å²) in [5.74, 6) is 1.65. The number of guanidine groups is 1. The number of rotatable bonds is 10. The van der Waals surface area contributed by atoms with E-state index in [1.165, 1.54) is 5.56 Å². The van der Waals surface area contributed by atoms with Crippen molar-refractivity contribution in [2.45, 2.75) is 70.7 Å². The van der Waals surface area contributed by atoms with Gasteiger partial charge in [0, 0.05) is 34.4 Å². The van der Waals surface area contributed by atoms with E-state index in [1.807, 2.05) is 6.92 Å². The third-order valence-corrected chi connectivity index (χ3v) is 8.01. The molecular weight excluding hydrogens is 515 g/mol. The van der Waals surface area contributed by atoms with Crippen LogP contribution in [0.3, 0.4) is 0 Å². The van der Waals surface area contributed by atoms with Crippen molar-refractivity contribution in [1.29, 1.82) is 0 Å². The highest BCUT2D eigenvalue weighted by Gasteiger charge is 2.26. The summed E-state index contributed by atoms with van der Waals surface area (Å²) in [6.07, 6.45) is 4.35. The maximum Gasteiger partial charge on any atom is 0.191 e. The van der Waals surface area contributed by atoms with Crippen molar-refractivity contribution in [2.75, 3.05) is 31.9 Å². The first-order chi connectivity index (χ1) is 13.6. The molecule has 2 N–H and O–H groups in total. The Bertz CT molecular complexity index is 608. The number of nitrogens with zero attached hydrogens (tertiary/aromatic N) is 2. The zero-order valence-electron chi connectivity index (χ0n) is 18.4. The first-order valence-electron chi connectivity index (χ1n) is 10.8. The Labute approximate surface area is 201 Å². The molecule has 168 valence electrons. The minimum Gasteiger partial charge on any atom is -0.357 e. The third kappa shape index (κ3) is 8.45. The standard InChI is InChI=1S/C21H38N4OS2.HI/c1-5-22-21(24-18-10-9-11-19(14-18)28(26)8-4)23-15-20(25(6-2)7-3)17-12-13-27-16-17;/h12-13,16,18-20H,5-11,14-15H2,1-4H3,(H2,22,23,24);1H. The van der Waals surface area contributed by atoms with Crippen molar-refractivity contribution in [3.63, 3.8) is 0 Å². The summed E-state index contributed by atoms with van der Waals surface area (Å²) in [5, 5.41) is 11.8. The molecule has 0 aliphatic heterocycles. The summed E-state index contributed by atoms with van der Waals surface area (Å²) < 4.78 is 12.2. The van der Waals surface area contributed by atoms with Gasteiger partial charge in [-0.05, 0) is 61.7 Å². The van der Waals surface area contributed by atoms with Crippen molar-refractivity contribution in [2.24, 2.45) is 4.99 Å². The molecule has 1 aliphatic carbocycles. The van der Waals surface area contributed by atoms with Gasteiger partial charge < -0.3 is 10.6 Å². The molecule has 1 aliphatic rings. The molecule has 1 fully saturated rings. The number of thiophene rings is 1. The smallest absolute Gasteiger partial charge is 0.191 e. The van der Waals surface area contributed by atoms with Crippen molar-refractivity contribution in [3.05, 3.63) is 22.4 Å². The fourth-order valence-corrected chi connectivity index (χ4v) is 6.06. The van der Waals surface area contributed by atoms with E-state index in [-0.39, 0.29) is 24.0 Å². The van der Waals surface area contributed by atoms with E-state index in [2.05, 4.69) is 53.1 Å². The van der Waals surface area contributed by atoms with Crippen molar-refractivity contribution in [3.8, 4) is 0 Å². The maximum atomic E-state index is 12.2. The molecule has 5 nitrogen and oxygen atoms in total. The van der Waals surface area contributed by atoms with Gasteiger partial charge in [-0.25, -0.2) is 0 Å². The van der Waals surface area contributed by atoms with Crippen LogP contribution in [0.4, 0.5) is 0 Å². The lowest BCUT2D eigenvalue weighted by molar-refractivity contribution is 0.224. The molecule has 0 aromatic carbocycles. The number of hydrogen-bond acceptors (Lipinski definition) is 4. The van der Waals surface area contributed by atoms with Crippen LogP contribution >= 0.6 is 35.3 Å². The number of aliphatic imine (C=N–C) groups is 1. The first kappa shape index (κ1) is 26.8. The summed E-state index contributed by atoms with van der Waals surface area (Å²) in [4.78, 5) is 7.42. The van der Waals surface area contributed by atoms with Crippen LogP contribution in [0, 0.1) is 0 Å². The van der Waals surface area contributed by atoms with E-state index in [0.29, 0.717) is 17.3 Å². The Morgan fingerprint density at radius 2 is 2.07 bits per heavy atom. The predicted octanol–water partition coefficient (Wildman–Crippen LogP) is 4.38. The highest BCUT2D eigenvalue weighted by Crippen LogP contribution is 2.24. The van der Waals surface area contributed by atoms with E-state index >= 15 is 0 Å². The first-order valence-corrected chi connectivity index (χ1v) is 13.1. The van der Waals surface area contributed by atoms with Crippen LogP contribution in [-0.2, 0) is 10.8 Å². The second-order valence-electron chi connectivity index (χ2n) is 7.31. The molecule has 1 aromatic heterocycles.